The number of carbonyl (C=O) groups excluding carboxylic acids is 3. The van der Waals surface area contributed by atoms with Crippen LogP contribution in [0, 0.1) is 0 Å². The molecule has 0 radical (unpaired) electrons. The van der Waals surface area contributed by atoms with Crippen molar-refractivity contribution in [3.05, 3.63) is 34.9 Å². The number of amides is 3. The van der Waals surface area contributed by atoms with Crippen LogP contribution in [0.5, 0.6) is 0 Å². The van der Waals surface area contributed by atoms with E-state index in [9.17, 15) is 14.4 Å². The Bertz CT molecular complexity index is 960. The van der Waals surface area contributed by atoms with E-state index in [0.29, 0.717) is 17.1 Å². The van der Waals surface area contributed by atoms with E-state index in [-0.39, 0.29) is 42.4 Å². The van der Waals surface area contributed by atoms with Crippen molar-refractivity contribution in [1.29, 1.82) is 0 Å². The van der Waals surface area contributed by atoms with Crippen LogP contribution in [0.1, 0.15) is 51.9 Å². The van der Waals surface area contributed by atoms with Gasteiger partial charge in [-0.25, -0.2) is 4.79 Å². The SMILES string of the molecule is CC(C)(C)OC(=O)NCCN(C(=O)CCl)C1CN(C(=O)c2ccc(Cl)cc2)CC1O[Si](C)(C)C(C)(C)C. The molecule has 0 saturated carbocycles. The molecule has 2 rings (SSSR count). The molecule has 208 valence electrons. The van der Waals surface area contributed by atoms with Gasteiger partial charge in [0, 0.05) is 36.8 Å². The second-order valence-corrected chi connectivity index (χ2v) is 17.3. The predicted molar refractivity (Wildman–Crippen MR) is 150 cm³/mol. The zero-order chi connectivity index (χ0) is 28.2. The van der Waals surface area contributed by atoms with Crippen molar-refractivity contribution in [3.8, 4) is 0 Å². The van der Waals surface area contributed by atoms with Crippen molar-refractivity contribution in [3.63, 3.8) is 0 Å². The zero-order valence-electron chi connectivity index (χ0n) is 23.2. The summed E-state index contributed by atoms with van der Waals surface area (Å²) in [4.78, 5) is 41.8. The molecule has 37 heavy (non-hydrogen) atoms. The lowest BCUT2D eigenvalue weighted by Gasteiger charge is -2.41. The molecule has 1 fully saturated rings. The third kappa shape index (κ3) is 8.87. The summed E-state index contributed by atoms with van der Waals surface area (Å²) in [5.41, 5.74) is -0.121. The van der Waals surface area contributed by atoms with Crippen LogP contribution >= 0.6 is 23.2 Å². The monoisotopic (exact) mass is 573 g/mol. The minimum atomic E-state index is -2.25. The van der Waals surface area contributed by atoms with Gasteiger partial charge in [0.15, 0.2) is 8.32 Å². The van der Waals surface area contributed by atoms with Gasteiger partial charge in [0.05, 0.1) is 12.1 Å². The number of hydrogen-bond donors (Lipinski definition) is 1. The van der Waals surface area contributed by atoms with Gasteiger partial charge in [0.1, 0.15) is 11.5 Å². The molecule has 8 nitrogen and oxygen atoms in total. The van der Waals surface area contributed by atoms with Crippen molar-refractivity contribution >= 4 is 49.4 Å². The number of alkyl carbamates (subject to hydrolysis) is 1. The van der Waals surface area contributed by atoms with E-state index in [1.165, 1.54) is 0 Å². The lowest BCUT2D eigenvalue weighted by atomic mass is 10.1. The Hall–Kier alpha value is -1.81. The Morgan fingerprint density at radius 1 is 1.08 bits per heavy atom. The highest BCUT2D eigenvalue weighted by atomic mass is 35.5. The van der Waals surface area contributed by atoms with Crippen LogP contribution in [-0.2, 0) is 14.0 Å². The highest BCUT2D eigenvalue weighted by Crippen LogP contribution is 2.39. The summed E-state index contributed by atoms with van der Waals surface area (Å²) in [7, 11) is -2.25. The van der Waals surface area contributed by atoms with Crippen LogP contribution in [0.15, 0.2) is 24.3 Å². The van der Waals surface area contributed by atoms with Gasteiger partial charge in [0.2, 0.25) is 5.91 Å². The average molecular weight is 575 g/mol. The quantitative estimate of drug-likeness (QED) is 0.343. The molecule has 11 heteroatoms. The summed E-state index contributed by atoms with van der Waals surface area (Å²) < 4.78 is 12.1. The topological polar surface area (TPSA) is 88.2 Å². The predicted octanol–water partition coefficient (Wildman–Crippen LogP) is 5.15. The summed E-state index contributed by atoms with van der Waals surface area (Å²) in [6, 6.07) is 6.31. The van der Waals surface area contributed by atoms with Crippen LogP contribution in [0.4, 0.5) is 4.79 Å². The Morgan fingerprint density at radius 2 is 1.68 bits per heavy atom. The first kappa shape index (κ1) is 31.4. The molecule has 2 unspecified atom stereocenters. The zero-order valence-corrected chi connectivity index (χ0v) is 25.7. The number of ether oxygens (including phenoxy) is 1. The van der Waals surface area contributed by atoms with Gasteiger partial charge in [0.25, 0.3) is 5.91 Å². The van der Waals surface area contributed by atoms with Crippen LogP contribution in [-0.4, -0.2) is 85.8 Å². The van der Waals surface area contributed by atoms with Gasteiger partial charge in [-0.15, -0.1) is 11.6 Å². The maximum atomic E-state index is 13.3. The maximum Gasteiger partial charge on any atom is 0.407 e. The number of carbonyl (C=O) groups is 3. The van der Waals surface area contributed by atoms with Crippen LogP contribution in [0.2, 0.25) is 23.2 Å². The van der Waals surface area contributed by atoms with E-state index in [2.05, 4.69) is 39.2 Å². The van der Waals surface area contributed by atoms with Gasteiger partial charge in [-0.1, -0.05) is 32.4 Å². The molecule has 0 spiro atoms. The van der Waals surface area contributed by atoms with Crippen LogP contribution in [0.25, 0.3) is 0 Å². The minimum absolute atomic E-state index is 0.0647. The molecule has 1 N–H and O–H groups in total. The molecule has 1 saturated heterocycles. The molecule has 1 aliphatic rings. The molecule has 1 aromatic carbocycles. The van der Waals surface area contributed by atoms with Gasteiger partial charge in [-0.2, -0.15) is 0 Å². The number of benzene rings is 1. The Labute approximate surface area is 232 Å². The van der Waals surface area contributed by atoms with Gasteiger partial charge in [-0.05, 0) is 63.2 Å². The van der Waals surface area contributed by atoms with Crippen LogP contribution in [0.3, 0.4) is 0 Å². The van der Waals surface area contributed by atoms with Crippen molar-refractivity contribution in [2.75, 3.05) is 32.1 Å². The van der Waals surface area contributed by atoms with E-state index < -0.39 is 32.2 Å². The molecule has 2 atom stereocenters. The molecule has 1 aliphatic heterocycles. The summed E-state index contributed by atoms with van der Waals surface area (Å²) in [5, 5.41) is 3.18. The minimum Gasteiger partial charge on any atom is -0.444 e. The third-order valence-corrected chi connectivity index (χ3v) is 11.7. The van der Waals surface area contributed by atoms with E-state index in [1.807, 2.05) is 0 Å². The molecule has 3 amide bonds. The highest BCUT2D eigenvalue weighted by Gasteiger charge is 2.47. The number of hydrogen-bond acceptors (Lipinski definition) is 5. The smallest absolute Gasteiger partial charge is 0.407 e. The normalized spacial score (nSPS) is 18.5. The number of alkyl halides is 1. The van der Waals surface area contributed by atoms with Crippen molar-refractivity contribution in [2.45, 2.75) is 77.4 Å². The van der Waals surface area contributed by atoms with E-state index in [0.717, 1.165) is 0 Å². The number of rotatable bonds is 8. The van der Waals surface area contributed by atoms with E-state index in [4.69, 9.17) is 32.4 Å². The lowest BCUT2D eigenvalue weighted by Crippen LogP contribution is -2.54. The number of nitrogens with zero attached hydrogens (tertiary/aromatic N) is 2. The Kier molecular flexibility index (Phi) is 10.5. The maximum absolute atomic E-state index is 13.3. The third-order valence-electron chi connectivity index (χ3n) is 6.72. The molecule has 1 heterocycles. The second-order valence-electron chi connectivity index (χ2n) is 11.9. The summed E-state index contributed by atoms with van der Waals surface area (Å²) >= 11 is 12.0. The Balaban J connectivity index is 2.29. The van der Waals surface area contributed by atoms with Crippen molar-refractivity contribution in [2.24, 2.45) is 0 Å². The standard InChI is InChI=1S/C26H41Cl2N3O5Si/c1-25(2,3)35-24(34)29-13-14-31(22(32)15-27)20-16-30(23(33)18-9-11-19(28)12-10-18)17-21(20)36-37(7,8)26(4,5)6/h9-12,20-21H,13-17H2,1-8H3,(H,29,34). The molecular weight excluding hydrogens is 533 g/mol. The molecular formula is C26H41Cl2N3O5Si. The Morgan fingerprint density at radius 3 is 2.19 bits per heavy atom. The first-order valence-corrected chi connectivity index (χ1v) is 16.3. The fourth-order valence-electron chi connectivity index (χ4n) is 3.81. The second kappa shape index (κ2) is 12.4. The number of nitrogens with one attached hydrogen (secondary N) is 1. The first-order valence-electron chi connectivity index (χ1n) is 12.5. The van der Waals surface area contributed by atoms with E-state index in [1.54, 1.807) is 54.8 Å². The lowest BCUT2D eigenvalue weighted by molar-refractivity contribution is -0.132. The van der Waals surface area contributed by atoms with Gasteiger partial charge >= 0.3 is 6.09 Å². The molecule has 1 aromatic rings. The molecule has 0 bridgehead atoms. The van der Waals surface area contributed by atoms with Crippen LogP contribution < -0.4 is 5.32 Å². The highest BCUT2D eigenvalue weighted by molar-refractivity contribution is 6.74. The van der Waals surface area contributed by atoms with Gasteiger partial charge in [-0.3, -0.25) is 9.59 Å². The van der Waals surface area contributed by atoms with Crippen molar-refractivity contribution in [1.82, 2.24) is 15.1 Å². The largest absolute Gasteiger partial charge is 0.444 e. The van der Waals surface area contributed by atoms with E-state index >= 15 is 0 Å². The van der Waals surface area contributed by atoms with Gasteiger partial charge < -0.3 is 24.3 Å². The average Bonchev–Trinajstić information content (AvgIpc) is 3.17. The molecule has 0 aliphatic carbocycles. The summed E-state index contributed by atoms with van der Waals surface area (Å²) in [6.07, 6.45) is -0.961. The fourth-order valence-corrected chi connectivity index (χ4v) is 5.43. The number of halogens is 2. The summed E-state index contributed by atoms with van der Waals surface area (Å²) in [5.74, 6) is -0.670. The first-order chi connectivity index (χ1) is 16.9. The number of likely N-dealkylation sites (tertiary alicyclic amines) is 1. The summed E-state index contributed by atoms with van der Waals surface area (Å²) in [6.45, 7) is 17.1. The van der Waals surface area contributed by atoms with Crippen molar-refractivity contribution < 1.29 is 23.5 Å². The molecule has 0 aromatic heterocycles. The fraction of sp³-hybridized carbons (Fsp3) is 0.654.